The molecule has 0 aliphatic heterocycles. The minimum Gasteiger partial charge on any atom is -0.380 e. The van der Waals surface area contributed by atoms with Gasteiger partial charge in [0.2, 0.25) is 0 Å². The summed E-state index contributed by atoms with van der Waals surface area (Å²) in [6, 6.07) is 11.3. The third-order valence-corrected chi connectivity index (χ3v) is 4.86. The van der Waals surface area contributed by atoms with Crippen LogP contribution < -0.4 is 10.6 Å². The van der Waals surface area contributed by atoms with Crippen LogP contribution in [0.15, 0.2) is 66.6 Å². The number of thiazole rings is 1. The SMILES string of the molecule is Cn1cc(-c2csc(NC(=O)c3ccccc3NCc3cccnc3)n2)cn1. The number of carbonyl (C=O) groups excluding carboxylic acids is 1. The molecule has 0 atom stereocenters. The Morgan fingerprint density at radius 1 is 1.18 bits per heavy atom. The van der Waals surface area contributed by atoms with Crippen LogP contribution in [0.5, 0.6) is 0 Å². The number of amides is 1. The third kappa shape index (κ3) is 4.07. The first-order chi connectivity index (χ1) is 13.7. The summed E-state index contributed by atoms with van der Waals surface area (Å²) in [5.41, 5.74) is 4.06. The number of nitrogens with one attached hydrogen (secondary N) is 2. The maximum atomic E-state index is 12.8. The second-order valence-electron chi connectivity index (χ2n) is 6.16. The molecule has 0 spiro atoms. The van der Waals surface area contributed by atoms with Gasteiger partial charge in [-0.05, 0) is 23.8 Å². The molecule has 0 radical (unpaired) electrons. The topological polar surface area (TPSA) is 84.7 Å². The van der Waals surface area contributed by atoms with Gasteiger partial charge < -0.3 is 5.32 Å². The predicted molar refractivity (Wildman–Crippen MR) is 110 cm³/mol. The van der Waals surface area contributed by atoms with Gasteiger partial charge in [0.05, 0.1) is 17.5 Å². The molecule has 3 aromatic heterocycles. The average molecular weight is 390 g/mol. The van der Waals surface area contributed by atoms with Gasteiger partial charge in [-0.2, -0.15) is 5.10 Å². The lowest BCUT2D eigenvalue weighted by atomic mass is 10.1. The van der Waals surface area contributed by atoms with Crippen molar-refractivity contribution in [2.75, 3.05) is 10.6 Å². The molecule has 0 aliphatic carbocycles. The number of nitrogens with zero attached hydrogens (tertiary/aromatic N) is 4. The lowest BCUT2D eigenvalue weighted by molar-refractivity contribution is 0.102. The molecule has 0 unspecified atom stereocenters. The number of rotatable bonds is 6. The highest BCUT2D eigenvalue weighted by molar-refractivity contribution is 7.14. The molecule has 140 valence electrons. The number of aromatic nitrogens is 4. The van der Waals surface area contributed by atoms with E-state index in [0.717, 1.165) is 22.5 Å². The Labute approximate surface area is 166 Å². The summed E-state index contributed by atoms with van der Waals surface area (Å²) in [6.45, 7) is 0.584. The lowest BCUT2D eigenvalue weighted by Gasteiger charge is -2.11. The van der Waals surface area contributed by atoms with E-state index in [1.807, 2.05) is 49.0 Å². The van der Waals surface area contributed by atoms with Crippen molar-refractivity contribution in [1.29, 1.82) is 0 Å². The molecule has 1 aromatic carbocycles. The molecule has 1 amide bonds. The molecule has 3 heterocycles. The zero-order valence-corrected chi connectivity index (χ0v) is 16.0. The van der Waals surface area contributed by atoms with Crippen molar-refractivity contribution < 1.29 is 4.79 Å². The molecule has 0 bridgehead atoms. The highest BCUT2D eigenvalue weighted by Gasteiger charge is 2.14. The Bertz CT molecular complexity index is 1090. The minimum absolute atomic E-state index is 0.207. The van der Waals surface area contributed by atoms with Crippen molar-refractivity contribution in [2.45, 2.75) is 6.54 Å². The smallest absolute Gasteiger partial charge is 0.259 e. The van der Waals surface area contributed by atoms with Gasteiger partial charge in [0.15, 0.2) is 5.13 Å². The first-order valence-electron chi connectivity index (χ1n) is 8.67. The molecular weight excluding hydrogens is 372 g/mol. The summed E-state index contributed by atoms with van der Waals surface area (Å²) in [5.74, 6) is -0.207. The Hall–Kier alpha value is -3.52. The molecule has 8 heteroatoms. The molecule has 0 saturated heterocycles. The van der Waals surface area contributed by atoms with Gasteiger partial charge in [-0.3, -0.25) is 19.8 Å². The van der Waals surface area contributed by atoms with Crippen LogP contribution in [0.2, 0.25) is 0 Å². The zero-order chi connectivity index (χ0) is 19.3. The van der Waals surface area contributed by atoms with Crippen LogP contribution in [0.25, 0.3) is 11.3 Å². The quantitative estimate of drug-likeness (QED) is 0.523. The van der Waals surface area contributed by atoms with Crippen LogP contribution in [0.1, 0.15) is 15.9 Å². The molecule has 0 saturated carbocycles. The first kappa shape index (κ1) is 17.9. The molecule has 4 rings (SSSR count). The van der Waals surface area contributed by atoms with Crippen molar-refractivity contribution in [1.82, 2.24) is 19.7 Å². The van der Waals surface area contributed by atoms with Crippen LogP contribution in [0.4, 0.5) is 10.8 Å². The number of hydrogen-bond acceptors (Lipinski definition) is 6. The van der Waals surface area contributed by atoms with E-state index in [0.29, 0.717) is 17.2 Å². The van der Waals surface area contributed by atoms with Gasteiger partial charge >= 0.3 is 0 Å². The average Bonchev–Trinajstić information content (AvgIpc) is 3.36. The van der Waals surface area contributed by atoms with E-state index in [2.05, 4.69) is 25.7 Å². The van der Waals surface area contributed by atoms with Crippen LogP contribution >= 0.6 is 11.3 Å². The van der Waals surface area contributed by atoms with E-state index in [4.69, 9.17) is 0 Å². The maximum absolute atomic E-state index is 12.8. The highest BCUT2D eigenvalue weighted by atomic mass is 32.1. The van der Waals surface area contributed by atoms with Gasteiger partial charge in [-0.1, -0.05) is 18.2 Å². The normalized spacial score (nSPS) is 10.6. The third-order valence-electron chi connectivity index (χ3n) is 4.10. The van der Waals surface area contributed by atoms with Gasteiger partial charge in [0, 0.05) is 48.8 Å². The van der Waals surface area contributed by atoms with Crippen molar-refractivity contribution in [3.63, 3.8) is 0 Å². The lowest BCUT2D eigenvalue weighted by Crippen LogP contribution is -2.14. The molecule has 28 heavy (non-hydrogen) atoms. The molecule has 0 aliphatic rings. The van der Waals surface area contributed by atoms with E-state index < -0.39 is 0 Å². The number of hydrogen-bond donors (Lipinski definition) is 2. The van der Waals surface area contributed by atoms with E-state index in [9.17, 15) is 4.79 Å². The predicted octanol–water partition coefficient (Wildman–Crippen LogP) is 3.80. The van der Waals surface area contributed by atoms with E-state index in [-0.39, 0.29) is 5.91 Å². The fourth-order valence-corrected chi connectivity index (χ4v) is 3.43. The van der Waals surface area contributed by atoms with Crippen LogP contribution in [0.3, 0.4) is 0 Å². The number of pyridine rings is 1. The highest BCUT2D eigenvalue weighted by Crippen LogP contribution is 2.25. The van der Waals surface area contributed by atoms with Gasteiger partial charge in [0.1, 0.15) is 0 Å². The van der Waals surface area contributed by atoms with Crippen molar-refractivity contribution in [3.8, 4) is 11.3 Å². The summed E-state index contributed by atoms with van der Waals surface area (Å²) in [4.78, 5) is 21.4. The molecule has 4 aromatic rings. The van der Waals surface area contributed by atoms with Gasteiger partial charge in [-0.15, -0.1) is 11.3 Å². The monoisotopic (exact) mass is 390 g/mol. The molecular formula is C20H18N6OS. The number of aryl methyl sites for hydroxylation is 1. The Morgan fingerprint density at radius 3 is 2.86 bits per heavy atom. The first-order valence-corrected chi connectivity index (χ1v) is 9.55. The van der Waals surface area contributed by atoms with Gasteiger partial charge in [-0.25, -0.2) is 4.98 Å². The summed E-state index contributed by atoms with van der Waals surface area (Å²) in [6.07, 6.45) is 7.17. The van der Waals surface area contributed by atoms with Crippen LogP contribution in [0, 0.1) is 0 Å². The van der Waals surface area contributed by atoms with E-state index in [1.54, 1.807) is 29.3 Å². The zero-order valence-electron chi connectivity index (χ0n) is 15.2. The summed E-state index contributed by atoms with van der Waals surface area (Å²) >= 11 is 1.38. The molecule has 0 fully saturated rings. The van der Waals surface area contributed by atoms with Crippen LogP contribution in [-0.2, 0) is 13.6 Å². The van der Waals surface area contributed by atoms with E-state index >= 15 is 0 Å². The van der Waals surface area contributed by atoms with Crippen molar-refractivity contribution >= 4 is 28.1 Å². The molecule has 7 nitrogen and oxygen atoms in total. The Morgan fingerprint density at radius 2 is 2.07 bits per heavy atom. The second-order valence-corrected chi connectivity index (χ2v) is 7.01. The fraction of sp³-hybridized carbons (Fsp3) is 0.100. The largest absolute Gasteiger partial charge is 0.380 e. The second kappa shape index (κ2) is 8.01. The summed E-state index contributed by atoms with van der Waals surface area (Å²) in [7, 11) is 1.86. The standard InChI is InChI=1S/C20H18N6OS/c1-26-12-15(11-23-26)18-13-28-20(24-18)25-19(27)16-6-2-3-7-17(16)22-10-14-5-4-8-21-9-14/h2-9,11-13,22H,10H2,1H3,(H,24,25,27). The Kier molecular flexibility index (Phi) is 5.11. The van der Waals surface area contributed by atoms with Crippen molar-refractivity contribution in [2.24, 2.45) is 7.05 Å². The minimum atomic E-state index is -0.207. The maximum Gasteiger partial charge on any atom is 0.259 e. The fourth-order valence-electron chi connectivity index (χ4n) is 2.72. The van der Waals surface area contributed by atoms with Crippen LogP contribution in [-0.4, -0.2) is 25.7 Å². The Balaban J connectivity index is 1.47. The van der Waals surface area contributed by atoms with E-state index in [1.165, 1.54) is 11.3 Å². The summed E-state index contributed by atoms with van der Waals surface area (Å²) in [5, 5.41) is 12.8. The number of anilines is 2. The number of carbonyl (C=O) groups is 1. The summed E-state index contributed by atoms with van der Waals surface area (Å²) < 4.78 is 1.72. The molecule has 2 N–H and O–H groups in total. The van der Waals surface area contributed by atoms with Gasteiger partial charge in [0.25, 0.3) is 5.91 Å². The number of benzene rings is 1. The van der Waals surface area contributed by atoms with Crippen molar-refractivity contribution in [3.05, 3.63) is 77.7 Å². The number of para-hydroxylation sites is 1.